The number of hydrogen-bond donors (Lipinski definition) is 3. The zero-order valence-electron chi connectivity index (χ0n) is 6.80. The third-order valence-corrected chi connectivity index (χ3v) is 2.16. The van der Waals surface area contributed by atoms with Crippen LogP contribution in [0.3, 0.4) is 0 Å². The summed E-state index contributed by atoms with van der Waals surface area (Å²) >= 11 is 5.76. The standard InChI is InChI=1S/C8H7ClN2O2/c1-3-10-4-2-5(12)8(13)6(9)7(4)11-3/h2,12-13H,1H3,(H,10,11). The number of aryl methyl sites for hydroxylation is 1. The van der Waals surface area contributed by atoms with Crippen molar-refractivity contribution in [3.8, 4) is 11.5 Å². The Kier molecular flexibility index (Phi) is 1.60. The van der Waals surface area contributed by atoms with Crippen molar-refractivity contribution < 1.29 is 10.2 Å². The van der Waals surface area contributed by atoms with Crippen LogP contribution in [0.1, 0.15) is 5.82 Å². The van der Waals surface area contributed by atoms with Gasteiger partial charge in [0.1, 0.15) is 10.8 Å². The summed E-state index contributed by atoms with van der Waals surface area (Å²) in [5, 5.41) is 18.6. The first-order valence-electron chi connectivity index (χ1n) is 3.66. The molecule has 0 aliphatic heterocycles. The molecule has 1 aromatic heterocycles. The number of imidazole rings is 1. The van der Waals surface area contributed by atoms with Crippen LogP contribution >= 0.6 is 11.6 Å². The van der Waals surface area contributed by atoms with E-state index in [4.69, 9.17) is 11.6 Å². The number of aromatic hydroxyl groups is 2. The minimum atomic E-state index is -0.321. The first kappa shape index (κ1) is 8.19. The number of H-pyrrole nitrogens is 1. The second-order valence-corrected chi connectivity index (χ2v) is 3.15. The molecule has 0 fully saturated rings. The van der Waals surface area contributed by atoms with Crippen LogP contribution in [0, 0.1) is 6.92 Å². The zero-order valence-corrected chi connectivity index (χ0v) is 7.55. The Bertz CT molecular complexity index is 478. The molecule has 13 heavy (non-hydrogen) atoms. The summed E-state index contributed by atoms with van der Waals surface area (Å²) in [4.78, 5) is 6.95. The summed E-state index contributed by atoms with van der Waals surface area (Å²) in [5.74, 6) is 0.101. The van der Waals surface area contributed by atoms with Crippen molar-refractivity contribution in [2.75, 3.05) is 0 Å². The molecule has 2 rings (SSSR count). The molecule has 0 bridgehead atoms. The quantitative estimate of drug-likeness (QED) is 0.567. The molecule has 0 saturated heterocycles. The SMILES string of the molecule is Cc1nc2cc(O)c(O)c(Cl)c2[nH]1. The van der Waals surface area contributed by atoms with Gasteiger partial charge in [0.25, 0.3) is 0 Å². The topological polar surface area (TPSA) is 69.1 Å². The maximum atomic E-state index is 9.28. The number of hydrogen-bond acceptors (Lipinski definition) is 3. The van der Waals surface area contributed by atoms with Gasteiger partial charge < -0.3 is 15.2 Å². The number of nitrogens with one attached hydrogen (secondary N) is 1. The Hall–Kier alpha value is -1.42. The largest absolute Gasteiger partial charge is 0.504 e. The lowest BCUT2D eigenvalue weighted by molar-refractivity contribution is 0.405. The van der Waals surface area contributed by atoms with Crippen LogP contribution in [-0.4, -0.2) is 20.2 Å². The van der Waals surface area contributed by atoms with Crippen molar-refractivity contribution in [1.29, 1.82) is 0 Å². The van der Waals surface area contributed by atoms with Crippen LogP contribution in [0.25, 0.3) is 11.0 Å². The van der Waals surface area contributed by atoms with Crippen LogP contribution < -0.4 is 0 Å². The monoisotopic (exact) mass is 198 g/mol. The second kappa shape index (κ2) is 2.53. The molecule has 5 heteroatoms. The molecule has 0 spiro atoms. The van der Waals surface area contributed by atoms with Crippen LogP contribution in [0.4, 0.5) is 0 Å². The molecule has 4 nitrogen and oxygen atoms in total. The molecule has 0 aliphatic rings. The summed E-state index contributed by atoms with van der Waals surface area (Å²) in [6, 6.07) is 1.36. The molecule has 0 unspecified atom stereocenters. The van der Waals surface area contributed by atoms with Gasteiger partial charge in [0, 0.05) is 6.07 Å². The minimum Gasteiger partial charge on any atom is -0.504 e. The van der Waals surface area contributed by atoms with Gasteiger partial charge in [0.15, 0.2) is 11.5 Å². The highest BCUT2D eigenvalue weighted by molar-refractivity contribution is 6.36. The number of fused-ring (bicyclic) bond motifs is 1. The molecule has 0 radical (unpaired) electrons. The van der Waals surface area contributed by atoms with Crippen LogP contribution in [0.15, 0.2) is 6.07 Å². The van der Waals surface area contributed by atoms with E-state index in [2.05, 4.69) is 9.97 Å². The number of aromatic nitrogens is 2. The average Bonchev–Trinajstić information content (AvgIpc) is 2.42. The second-order valence-electron chi connectivity index (χ2n) is 2.77. The van der Waals surface area contributed by atoms with Crippen LogP contribution in [-0.2, 0) is 0 Å². The van der Waals surface area contributed by atoms with Crippen molar-refractivity contribution in [2.45, 2.75) is 6.92 Å². The maximum absolute atomic E-state index is 9.28. The van der Waals surface area contributed by atoms with E-state index in [-0.39, 0.29) is 16.5 Å². The van der Waals surface area contributed by atoms with Crippen molar-refractivity contribution in [1.82, 2.24) is 9.97 Å². The number of nitrogens with zero attached hydrogens (tertiary/aromatic N) is 1. The Morgan fingerprint density at radius 2 is 2.15 bits per heavy atom. The van der Waals surface area contributed by atoms with Crippen LogP contribution in [0.2, 0.25) is 5.02 Å². The number of phenolic OH excluding ortho intramolecular Hbond substituents is 2. The van der Waals surface area contributed by atoms with E-state index in [1.165, 1.54) is 6.07 Å². The van der Waals surface area contributed by atoms with Crippen molar-refractivity contribution >= 4 is 22.6 Å². The molecular formula is C8H7ClN2O2. The number of benzene rings is 1. The van der Waals surface area contributed by atoms with E-state index in [1.807, 2.05) is 0 Å². The van der Waals surface area contributed by atoms with Gasteiger partial charge in [-0.25, -0.2) is 4.98 Å². The van der Waals surface area contributed by atoms with E-state index in [9.17, 15) is 10.2 Å². The van der Waals surface area contributed by atoms with Gasteiger partial charge in [-0.1, -0.05) is 11.6 Å². The fourth-order valence-corrected chi connectivity index (χ4v) is 1.45. The van der Waals surface area contributed by atoms with Gasteiger partial charge in [-0.2, -0.15) is 0 Å². The smallest absolute Gasteiger partial charge is 0.178 e. The summed E-state index contributed by atoms with van der Waals surface area (Å²) < 4.78 is 0. The van der Waals surface area contributed by atoms with E-state index < -0.39 is 0 Å². The number of halogens is 1. The molecule has 0 aliphatic carbocycles. The molecule has 0 amide bonds. The lowest BCUT2D eigenvalue weighted by atomic mass is 10.3. The van der Waals surface area contributed by atoms with E-state index in [1.54, 1.807) is 6.92 Å². The van der Waals surface area contributed by atoms with Crippen molar-refractivity contribution in [3.63, 3.8) is 0 Å². The molecule has 1 aromatic carbocycles. The van der Waals surface area contributed by atoms with Crippen LogP contribution in [0.5, 0.6) is 11.5 Å². The summed E-state index contributed by atoms with van der Waals surface area (Å²) in [5.41, 5.74) is 1.08. The third kappa shape index (κ3) is 1.10. The molecule has 1 heterocycles. The fourth-order valence-electron chi connectivity index (χ4n) is 1.21. The molecule has 0 atom stereocenters. The average molecular weight is 199 g/mol. The molecule has 68 valence electrons. The Morgan fingerprint density at radius 1 is 1.46 bits per heavy atom. The predicted octanol–water partition coefficient (Wildman–Crippen LogP) is 1.94. The van der Waals surface area contributed by atoms with Gasteiger partial charge >= 0.3 is 0 Å². The summed E-state index contributed by atoms with van der Waals surface area (Å²) in [6.07, 6.45) is 0. The highest BCUT2D eigenvalue weighted by Crippen LogP contribution is 2.38. The normalized spacial score (nSPS) is 10.9. The van der Waals surface area contributed by atoms with Gasteiger partial charge in [0.2, 0.25) is 0 Å². The summed E-state index contributed by atoms with van der Waals surface area (Å²) in [6.45, 7) is 1.77. The molecule has 0 saturated carbocycles. The maximum Gasteiger partial charge on any atom is 0.178 e. The fraction of sp³-hybridized carbons (Fsp3) is 0.125. The number of phenols is 2. The van der Waals surface area contributed by atoms with Gasteiger partial charge in [0.05, 0.1) is 11.0 Å². The van der Waals surface area contributed by atoms with E-state index in [0.717, 1.165) is 0 Å². The van der Waals surface area contributed by atoms with Crippen molar-refractivity contribution in [2.24, 2.45) is 0 Å². The molecule has 2 aromatic rings. The van der Waals surface area contributed by atoms with Gasteiger partial charge in [-0.3, -0.25) is 0 Å². The van der Waals surface area contributed by atoms with Gasteiger partial charge in [-0.15, -0.1) is 0 Å². The predicted molar refractivity (Wildman–Crippen MR) is 49.2 cm³/mol. The first-order valence-corrected chi connectivity index (χ1v) is 4.04. The molecular weight excluding hydrogens is 192 g/mol. The zero-order chi connectivity index (χ0) is 9.59. The highest BCUT2D eigenvalue weighted by atomic mass is 35.5. The number of rotatable bonds is 0. The minimum absolute atomic E-state index is 0.0931. The highest BCUT2D eigenvalue weighted by Gasteiger charge is 2.12. The van der Waals surface area contributed by atoms with E-state index >= 15 is 0 Å². The lowest BCUT2D eigenvalue weighted by Gasteiger charge is -1.99. The summed E-state index contributed by atoms with van der Waals surface area (Å²) in [7, 11) is 0. The van der Waals surface area contributed by atoms with Crippen molar-refractivity contribution in [3.05, 3.63) is 16.9 Å². The number of aromatic amines is 1. The van der Waals surface area contributed by atoms with E-state index in [0.29, 0.717) is 16.9 Å². The molecule has 3 N–H and O–H groups in total. The lowest BCUT2D eigenvalue weighted by Crippen LogP contribution is -1.75. The Balaban J connectivity index is 2.92. The third-order valence-electron chi connectivity index (χ3n) is 1.79. The Labute approximate surface area is 78.8 Å². The Morgan fingerprint density at radius 3 is 2.85 bits per heavy atom. The first-order chi connectivity index (χ1) is 6.09. The van der Waals surface area contributed by atoms with Gasteiger partial charge in [-0.05, 0) is 6.92 Å².